The van der Waals surface area contributed by atoms with Crippen LogP contribution < -0.4 is 4.74 Å². The van der Waals surface area contributed by atoms with Crippen LogP contribution in [0.5, 0.6) is 5.75 Å². The molecular weight excluding hydrogens is 212 g/mol. The van der Waals surface area contributed by atoms with E-state index < -0.39 is 0 Å². The fraction of sp³-hybridized carbons (Fsp3) is 0.250. The summed E-state index contributed by atoms with van der Waals surface area (Å²) >= 11 is 5.95. The number of carbonyl (C=O) groups is 1. The second kappa shape index (κ2) is 4.99. The maximum Gasteiger partial charge on any atom is 0.155 e. The monoisotopic (exact) mass is 224 g/mol. The zero-order valence-electron chi connectivity index (χ0n) is 9.00. The number of halogens is 1. The molecule has 0 aromatic heterocycles. The molecule has 0 N–H and O–H groups in total. The third kappa shape index (κ3) is 3.10. The highest BCUT2D eigenvalue weighted by Crippen LogP contribution is 2.25. The normalized spacial score (nSPS) is 11.3. The van der Waals surface area contributed by atoms with Crippen molar-refractivity contribution in [1.82, 2.24) is 0 Å². The van der Waals surface area contributed by atoms with Crippen molar-refractivity contribution in [2.45, 2.75) is 13.8 Å². The van der Waals surface area contributed by atoms with Gasteiger partial charge in [0.25, 0.3) is 0 Å². The van der Waals surface area contributed by atoms with E-state index in [1.165, 1.54) is 6.92 Å². The lowest BCUT2D eigenvalue weighted by Crippen LogP contribution is -1.91. The van der Waals surface area contributed by atoms with E-state index in [9.17, 15) is 4.79 Å². The van der Waals surface area contributed by atoms with Crippen molar-refractivity contribution in [2.75, 3.05) is 7.11 Å². The molecule has 3 heteroatoms. The molecule has 0 spiro atoms. The predicted molar refractivity (Wildman–Crippen MR) is 62.3 cm³/mol. The van der Waals surface area contributed by atoms with Gasteiger partial charge in [0, 0.05) is 0 Å². The number of allylic oxidation sites excluding steroid dienone is 1. The first-order valence-corrected chi connectivity index (χ1v) is 4.95. The smallest absolute Gasteiger partial charge is 0.155 e. The molecule has 0 unspecified atom stereocenters. The van der Waals surface area contributed by atoms with Crippen LogP contribution in [0.25, 0.3) is 6.08 Å². The molecule has 0 radical (unpaired) electrons. The van der Waals surface area contributed by atoms with E-state index in [0.29, 0.717) is 16.3 Å². The molecule has 0 aliphatic heterocycles. The van der Waals surface area contributed by atoms with Gasteiger partial charge in [-0.15, -0.1) is 0 Å². The van der Waals surface area contributed by atoms with Crippen LogP contribution >= 0.6 is 11.6 Å². The van der Waals surface area contributed by atoms with Crippen LogP contribution in [-0.2, 0) is 4.79 Å². The molecule has 1 aromatic rings. The second-order valence-corrected chi connectivity index (χ2v) is 3.68. The Morgan fingerprint density at radius 3 is 2.53 bits per heavy atom. The Morgan fingerprint density at radius 2 is 2.07 bits per heavy atom. The molecule has 0 heterocycles. The Bertz CT molecular complexity index is 408. The topological polar surface area (TPSA) is 26.3 Å². The molecule has 0 saturated carbocycles. The second-order valence-electron chi connectivity index (χ2n) is 3.28. The standard InChI is InChI=1S/C12H13ClO2/c1-8(9(2)14)6-10-4-5-12(15-3)11(13)7-10/h4-7H,1-3H3/b8-6-. The number of hydrogen-bond acceptors (Lipinski definition) is 2. The summed E-state index contributed by atoms with van der Waals surface area (Å²) < 4.78 is 5.03. The molecule has 15 heavy (non-hydrogen) atoms. The highest BCUT2D eigenvalue weighted by atomic mass is 35.5. The average molecular weight is 225 g/mol. The molecule has 0 aliphatic rings. The molecule has 0 bridgehead atoms. The summed E-state index contributed by atoms with van der Waals surface area (Å²) in [4.78, 5) is 11.0. The molecular formula is C12H13ClO2. The molecule has 1 aromatic carbocycles. The fourth-order valence-electron chi connectivity index (χ4n) is 1.12. The quantitative estimate of drug-likeness (QED) is 0.736. The van der Waals surface area contributed by atoms with Crippen LogP contribution in [-0.4, -0.2) is 12.9 Å². The first kappa shape index (κ1) is 11.8. The number of hydrogen-bond donors (Lipinski definition) is 0. The highest BCUT2D eigenvalue weighted by molar-refractivity contribution is 6.32. The molecule has 80 valence electrons. The van der Waals surface area contributed by atoms with Crippen molar-refractivity contribution in [3.05, 3.63) is 34.4 Å². The Labute approximate surface area is 94.5 Å². The number of benzene rings is 1. The maximum absolute atomic E-state index is 11.0. The average Bonchev–Trinajstić information content (AvgIpc) is 2.18. The van der Waals surface area contributed by atoms with E-state index in [1.807, 2.05) is 6.07 Å². The van der Waals surface area contributed by atoms with Gasteiger partial charge in [-0.1, -0.05) is 17.7 Å². The summed E-state index contributed by atoms with van der Waals surface area (Å²) in [6, 6.07) is 5.41. The van der Waals surface area contributed by atoms with Gasteiger partial charge in [0.15, 0.2) is 5.78 Å². The van der Waals surface area contributed by atoms with Crippen molar-refractivity contribution >= 4 is 23.5 Å². The number of ketones is 1. The minimum absolute atomic E-state index is 0.0574. The van der Waals surface area contributed by atoms with Crippen molar-refractivity contribution < 1.29 is 9.53 Å². The summed E-state index contributed by atoms with van der Waals surface area (Å²) in [6.07, 6.45) is 1.80. The van der Waals surface area contributed by atoms with Crippen LogP contribution in [0, 0.1) is 0 Å². The zero-order valence-corrected chi connectivity index (χ0v) is 9.76. The molecule has 2 nitrogen and oxygen atoms in total. The summed E-state index contributed by atoms with van der Waals surface area (Å²) in [6.45, 7) is 3.32. The van der Waals surface area contributed by atoms with Gasteiger partial charge in [-0.3, -0.25) is 4.79 Å². The van der Waals surface area contributed by atoms with Gasteiger partial charge in [0.05, 0.1) is 12.1 Å². The first-order chi connectivity index (χ1) is 7.04. The Kier molecular flexibility index (Phi) is 3.92. The van der Waals surface area contributed by atoms with E-state index in [-0.39, 0.29) is 5.78 Å². The maximum atomic E-state index is 11.0. The van der Waals surface area contributed by atoms with E-state index in [0.717, 1.165) is 5.56 Å². The molecule has 0 atom stereocenters. The summed E-state index contributed by atoms with van der Waals surface area (Å²) in [7, 11) is 1.57. The van der Waals surface area contributed by atoms with Gasteiger partial charge in [-0.05, 0) is 43.2 Å². The summed E-state index contributed by atoms with van der Waals surface area (Å²) in [5.74, 6) is 0.691. The van der Waals surface area contributed by atoms with Crippen molar-refractivity contribution in [2.24, 2.45) is 0 Å². The molecule has 0 amide bonds. The van der Waals surface area contributed by atoms with Crippen LogP contribution in [0.15, 0.2) is 23.8 Å². The van der Waals surface area contributed by atoms with Crippen molar-refractivity contribution in [3.63, 3.8) is 0 Å². The lowest BCUT2D eigenvalue weighted by Gasteiger charge is -2.03. The van der Waals surface area contributed by atoms with Gasteiger partial charge in [0.1, 0.15) is 5.75 Å². The largest absolute Gasteiger partial charge is 0.495 e. The van der Waals surface area contributed by atoms with E-state index in [2.05, 4.69) is 0 Å². The highest BCUT2D eigenvalue weighted by Gasteiger charge is 2.01. The fourth-order valence-corrected chi connectivity index (χ4v) is 1.39. The van der Waals surface area contributed by atoms with E-state index >= 15 is 0 Å². The Balaban J connectivity index is 3.03. The van der Waals surface area contributed by atoms with Gasteiger partial charge in [-0.25, -0.2) is 0 Å². The predicted octanol–water partition coefficient (Wildman–Crippen LogP) is 3.34. The number of carbonyl (C=O) groups excluding carboxylic acids is 1. The van der Waals surface area contributed by atoms with E-state index in [4.69, 9.17) is 16.3 Å². The lowest BCUT2D eigenvalue weighted by atomic mass is 10.1. The Hall–Kier alpha value is -1.28. The number of Topliss-reactive ketones (excluding diaryl/α,β-unsaturated/α-hetero) is 1. The Morgan fingerprint density at radius 1 is 1.40 bits per heavy atom. The van der Waals surface area contributed by atoms with Gasteiger partial charge in [0.2, 0.25) is 0 Å². The lowest BCUT2D eigenvalue weighted by molar-refractivity contribution is -0.113. The van der Waals surface area contributed by atoms with Gasteiger partial charge < -0.3 is 4.74 Å². The number of rotatable bonds is 3. The summed E-state index contributed by atoms with van der Waals surface area (Å²) in [5, 5.41) is 0.544. The summed E-state index contributed by atoms with van der Waals surface area (Å²) in [5.41, 5.74) is 1.60. The van der Waals surface area contributed by atoms with E-state index in [1.54, 1.807) is 32.2 Å². The van der Waals surface area contributed by atoms with Gasteiger partial charge in [-0.2, -0.15) is 0 Å². The first-order valence-electron chi connectivity index (χ1n) is 4.57. The number of methoxy groups -OCH3 is 1. The third-order valence-electron chi connectivity index (χ3n) is 2.11. The van der Waals surface area contributed by atoms with Crippen molar-refractivity contribution in [3.8, 4) is 5.75 Å². The number of ether oxygens (including phenoxy) is 1. The SMILES string of the molecule is COc1ccc(/C=C(/C)C(C)=O)cc1Cl. The zero-order chi connectivity index (χ0) is 11.4. The minimum atomic E-state index is 0.0574. The molecule has 1 rings (SSSR count). The molecule has 0 fully saturated rings. The third-order valence-corrected chi connectivity index (χ3v) is 2.41. The van der Waals surface area contributed by atoms with Crippen molar-refractivity contribution in [1.29, 1.82) is 0 Å². The molecule has 0 saturated heterocycles. The van der Waals surface area contributed by atoms with Crippen LogP contribution in [0.4, 0.5) is 0 Å². The van der Waals surface area contributed by atoms with Crippen LogP contribution in [0.2, 0.25) is 5.02 Å². The van der Waals surface area contributed by atoms with Crippen LogP contribution in [0.1, 0.15) is 19.4 Å². The minimum Gasteiger partial charge on any atom is -0.495 e. The van der Waals surface area contributed by atoms with Crippen LogP contribution in [0.3, 0.4) is 0 Å². The van der Waals surface area contributed by atoms with Gasteiger partial charge >= 0.3 is 0 Å². The molecule has 0 aliphatic carbocycles.